The van der Waals surface area contributed by atoms with Gasteiger partial charge in [0.05, 0.1) is 5.56 Å². The molecule has 1 heterocycles. The maximum atomic E-state index is 13.3. The van der Waals surface area contributed by atoms with Gasteiger partial charge >= 0.3 is 0 Å². The molecule has 0 aromatic heterocycles. The highest BCUT2D eigenvalue weighted by Gasteiger charge is 2.42. The summed E-state index contributed by atoms with van der Waals surface area (Å²) in [6.07, 6.45) is 2.15. The van der Waals surface area contributed by atoms with Crippen molar-refractivity contribution < 1.29 is 9.18 Å². The Kier molecular flexibility index (Phi) is 3.35. The van der Waals surface area contributed by atoms with Crippen LogP contribution in [0.25, 0.3) is 0 Å². The van der Waals surface area contributed by atoms with Crippen LogP contribution in [0.2, 0.25) is 0 Å². The number of rotatable bonds is 1. The van der Waals surface area contributed by atoms with E-state index in [4.69, 9.17) is 5.73 Å². The van der Waals surface area contributed by atoms with E-state index in [0.717, 1.165) is 19.4 Å². The Morgan fingerprint density at radius 1 is 1.37 bits per heavy atom. The van der Waals surface area contributed by atoms with Gasteiger partial charge in [0.2, 0.25) is 0 Å². The number of halogens is 2. The molecule has 1 aromatic rings. The molecule has 2 aliphatic rings. The smallest absolute Gasteiger partial charge is 0.255 e. The summed E-state index contributed by atoms with van der Waals surface area (Å²) in [6, 6.07) is 4.42. The second-order valence-corrected chi connectivity index (χ2v) is 6.35. The van der Waals surface area contributed by atoms with Gasteiger partial charge in [-0.2, -0.15) is 0 Å². The fourth-order valence-corrected chi connectivity index (χ4v) is 3.72. The summed E-state index contributed by atoms with van der Waals surface area (Å²) in [6.45, 7) is 1.45. The summed E-state index contributed by atoms with van der Waals surface area (Å²) in [5.74, 6) is 0.443. The molecular formula is C14H16BrFN2O. The Bertz CT molecular complexity index is 522. The van der Waals surface area contributed by atoms with Gasteiger partial charge in [-0.1, -0.05) is 0 Å². The molecule has 3 nitrogen and oxygen atoms in total. The predicted molar refractivity (Wildman–Crippen MR) is 74.2 cm³/mol. The minimum absolute atomic E-state index is 0.104. The highest BCUT2D eigenvalue weighted by atomic mass is 79.9. The maximum Gasteiger partial charge on any atom is 0.255 e. The van der Waals surface area contributed by atoms with E-state index in [-0.39, 0.29) is 17.8 Å². The highest BCUT2D eigenvalue weighted by molar-refractivity contribution is 9.10. The average Bonchev–Trinajstić information content (AvgIpc) is 2.94. The lowest BCUT2D eigenvalue weighted by Crippen LogP contribution is -2.33. The number of carbonyl (C=O) groups excluding carboxylic acids is 1. The zero-order valence-electron chi connectivity index (χ0n) is 10.5. The number of amides is 1. The molecule has 0 spiro atoms. The first-order valence-electron chi connectivity index (χ1n) is 6.56. The number of hydrogen-bond acceptors (Lipinski definition) is 2. The third kappa shape index (κ3) is 2.30. The van der Waals surface area contributed by atoms with Crippen LogP contribution in [0.4, 0.5) is 4.39 Å². The summed E-state index contributed by atoms with van der Waals surface area (Å²) >= 11 is 3.31. The summed E-state index contributed by atoms with van der Waals surface area (Å²) in [5, 5.41) is 0. The van der Waals surface area contributed by atoms with Crippen molar-refractivity contribution in [1.82, 2.24) is 4.90 Å². The Morgan fingerprint density at radius 3 is 2.89 bits per heavy atom. The molecule has 1 saturated heterocycles. The molecule has 5 heteroatoms. The summed E-state index contributed by atoms with van der Waals surface area (Å²) in [4.78, 5) is 14.3. The van der Waals surface area contributed by atoms with Crippen molar-refractivity contribution in [2.24, 2.45) is 17.6 Å². The van der Waals surface area contributed by atoms with E-state index < -0.39 is 0 Å². The van der Waals surface area contributed by atoms with Crippen molar-refractivity contribution in [2.45, 2.75) is 18.9 Å². The third-order valence-corrected chi connectivity index (χ3v) is 5.05. The fourth-order valence-electron chi connectivity index (χ4n) is 3.31. The Morgan fingerprint density at radius 2 is 2.16 bits per heavy atom. The number of nitrogens with zero attached hydrogens (tertiary/aromatic N) is 1. The zero-order chi connectivity index (χ0) is 13.6. The first-order valence-corrected chi connectivity index (χ1v) is 7.35. The molecule has 102 valence electrons. The Hall–Kier alpha value is -0.940. The average molecular weight is 327 g/mol. The lowest BCUT2D eigenvalue weighted by atomic mass is 9.98. The Balaban J connectivity index is 1.80. The van der Waals surface area contributed by atoms with Crippen LogP contribution in [0.1, 0.15) is 23.2 Å². The van der Waals surface area contributed by atoms with Crippen molar-refractivity contribution >= 4 is 21.8 Å². The van der Waals surface area contributed by atoms with Crippen molar-refractivity contribution in [1.29, 1.82) is 0 Å². The first-order chi connectivity index (χ1) is 9.06. The molecule has 1 aliphatic heterocycles. The fraction of sp³-hybridized carbons (Fsp3) is 0.500. The molecule has 1 aliphatic carbocycles. The van der Waals surface area contributed by atoms with E-state index in [1.165, 1.54) is 12.1 Å². The van der Waals surface area contributed by atoms with Gasteiger partial charge in [0, 0.05) is 23.6 Å². The molecule has 0 radical (unpaired) electrons. The third-order valence-electron chi connectivity index (χ3n) is 4.36. The Labute approximate surface area is 120 Å². The van der Waals surface area contributed by atoms with Gasteiger partial charge in [-0.3, -0.25) is 4.79 Å². The van der Waals surface area contributed by atoms with Crippen LogP contribution in [0.3, 0.4) is 0 Å². The molecule has 1 aromatic carbocycles. The minimum Gasteiger partial charge on any atom is -0.338 e. The molecule has 1 saturated carbocycles. The molecule has 2 N–H and O–H groups in total. The van der Waals surface area contributed by atoms with Crippen LogP contribution in [-0.4, -0.2) is 29.9 Å². The van der Waals surface area contributed by atoms with Crippen LogP contribution >= 0.6 is 15.9 Å². The summed E-state index contributed by atoms with van der Waals surface area (Å²) in [5.41, 5.74) is 6.46. The minimum atomic E-state index is -0.386. The van der Waals surface area contributed by atoms with Gasteiger partial charge < -0.3 is 10.6 Å². The molecule has 3 unspecified atom stereocenters. The first kappa shape index (κ1) is 13.1. The summed E-state index contributed by atoms with van der Waals surface area (Å²) < 4.78 is 13.9. The lowest BCUT2D eigenvalue weighted by molar-refractivity contribution is 0.0778. The topological polar surface area (TPSA) is 46.3 Å². The molecule has 2 fully saturated rings. The van der Waals surface area contributed by atoms with Crippen LogP contribution in [-0.2, 0) is 0 Å². The zero-order valence-corrected chi connectivity index (χ0v) is 12.1. The van der Waals surface area contributed by atoms with E-state index >= 15 is 0 Å². The van der Waals surface area contributed by atoms with Gasteiger partial charge in [-0.25, -0.2) is 4.39 Å². The maximum absolute atomic E-state index is 13.3. The number of nitrogens with two attached hydrogens (primary N) is 1. The second-order valence-electron chi connectivity index (χ2n) is 5.50. The number of fused-ring (bicyclic) bond motifs is 1. The van der Waals surface area contributed by atoms with Crippen molar-refractivity contribution in [3.63, 3.8) is 0 Å². The quantitative estimate of drug-likeness (QED) is 0.861. The number of hydrogen-bond donors (Lipinski definition) is 1. The van der Waals surface area contributed by atoms with Crippen molar-refractivity contribution in [3.05, 3.63) is 34.1 Å². The van der Waals surface area contributed by atoms with Crippen LogP contribution in [0, 0.1) is 17.7 Å². The van der Waals surface area contributed by atoms with E-state index in [1.54, 1.807) is 6.07 Å². The van der Waals surface area contributed by atoms with Crippen LogP contribution in [0.15, 0.2) is 22.7 Å². The van der Waals surface area contributed by atoms with Gasteiger partial charge in [0.1, 0.15) is 5.82 Å². The molecular weight excluding hydrogens is 311 g/mol. The van der Waals surface area contributed by atoms with Crippen LogP contribution < -0.4 is 5.73 Å². The van der Waals surface area contributed by atoms with E-state index in [0.29, 0.717) is 28.4 Å². The number of benzene rings is 1. The molecule has 1 amide bonds. The van der Waals surface area contributed by atoms with Gasteiger partial charge in [0.25, 0.3) is 5.91 Å². The standard InChI is InChI=1S/C14H16BrFN2O/c15-12-3-2-9(16)5-10(12)14(19)18-6-8-1-4-13(17)11(8)7-18/h2-3,5,8,11,13H,1,4,6-7,17H2. The van der Waals surface area contributed by atoms with Crippen molar-refractivity contribution in [3.8, 4) is 0 Å². The van der Waals surface area contributed by atoms with Crippen LogP contribution in [0.5, 0.6) is 0 Å². The molecule has 19 heavy (non-hydrogen) atoms. The van der Waals surface area contributed by atoms with Gasteiger partial charge in [-0.05, 0) is 58.8 Å². The normalized spacial score (nSPS) is 29.6. The van der Waals surface area contributed by atoms with E-state index in [1.807, 2.05) is 4.90 Å². The summed E-state index contributed by atoms with van der Waals surface area (Å²) in [7, 11) is 0. The lowest BCUT2D eigenvalue weighted by Gasteiger charge is -2.19. The molecule has 0 bridgehead atoms. The predicted octanol–water partition coefficient (Wildman–Crippen LogP) is 2.40. The van der Waals surface area contributed by atoms with Gasteiger partial charge in [-0.15, -0.1) is 0 Å². The van der Waals surface area contributed by atoms with Gasteiger partial charge in [0.15, 0.2) is 0 Å². The van der Waals surface area contributed by atoms with E-state index in [2.05, 4.69) is 15.9 Å². The second kappa shape index (κ2) is 4.87. The number of carbonyl (C=O) groups is 1. The monoisotopic (exact) mass is 326 g/mol. The van der Waals surface area contributed by atoms with E-state index in [9.17, 15) is 9.18 Å². The van der Waals surface area contributed by atoms with Crippen molar-refractivity contribution in [2.75, 3.05) is 13.1 Å². The molecule has 3 atom stereocenters. The SMILES string of the molecule is NC1CCC2CN(C(=O)c3cc(F)ccc3Br)CC12. The largest absolute Gasteiger partial charge is 0.338 e. The highest BCUT2D eigenvalue weighted by Crippen LogP contribution is 2.38. The molecule has 3 rings (SSSR count). The number of likely N-dealkylation sites (tertiary alicyclic amines) is 1.